The van der Waals surface area contributed by atoms with Gasteiger partial charge in [-0.05, 0) is 42.8 Å². The molecule has 0 aliphatic heterocycles. The summed E-state index contributed by atoms with van der Waals surface area (Å²) in [6.45, 7) is 2.21. The number of ketones is 1. The van der Waals surface area contributed by atoms with Crippen LogP contribution in [0.2, 0.25) is 0 Å². The summed E-state index contributed by atoms with van der Waals surface area (Å²) < 4.78 is 9.40. The number of hydrogen-bond acceptors (Lipinski definition) is 7. The van der Waals surface area contributed by atoms with Gasteiger partial charge in [-0.2, -0.15) is 0 Å². The summed E-state index contributed by atoms with van der Waals surface area (Å²) in [4.78, 5) is 43.0. The lowest BCUT2D eigenvalue weighted by molar-refractivity contribution is 0.102. The zero-order chi connectivity index (χ0) is 24.4. The van der Waals surface area contributed by atoms with Crippen molar-refractivity contribution >= 4 is 34.4 Å². The van der Waals surface area contributed by atoms with Gasteiger partial charge in [0.2, 0.25) is 0 Å². The van der Waals surface area contributed by atoms with Crippen LogP contribution in [0.3, 0.4) is 0 Å². The summed E-state index contributed by atoms with van der Waals surface area (Å²) in [5, 5.41) is 0.594. The van der Waals surface area contributed by atoms with Crippen LogP contribution in [0.15, 0.2) is 63.3 Å². The molecule has 2 heterocycles. The molecule has 0 saturated carbocycles. The number of para-hydroxylation sites is 2. The number of benzene rings is 2. The third-order valence-corrected chi connectivity index (χ3v) is 6.44. The Kier molecular flexibility index (Phi) is 6.60. The fourth-order valence-corrected chi connectivity index (χ4v) is 4.67. The first-order chi connectivity index (χ1) is 16.4. The second kappa shape index (κ2) is 9.60. The molecule has 0 spiro atoms. The number of carbonyl (C=O) groups excluding carboxylic acids is 1. The third kappa shape index (κ3) is 4.12. The molecule has 10 heteroatoms. The number of nitrogens with two attached hydrogens (primary N) is 1. The Bertz CT molecular complexity index is 1480. The van der Waals surface area contributed by atoms with Gasteiger partial charge in [0.25, 0.3) is 5.56 Å². The topological polar surface area (TPSA) is 114 Å². The minimum absolute atomic E-state index is 0.0662. The van der Waals surface area contributed by atoms with E-state index in [4.69, 9.17) is 15.5 Å². The largest absolute Gasteiger partial charge is 0.497 e. The van der Waals surface area contributed by atoms with Gasteiger partial charge in [-0.1, -0.05) is 30.8 Å². The molecule has 0 radical (unpaired) electrons. The van der Waals surface area contributed by atoms with Crippen molar-refractivity contribution in [2.24, 2.45) is 7.05 Å². The Hall–Kier alpha value is -3.79. The first-order valence-electron chi connectivity index (χ1n) is 10.7. The maximum absolute atomic E-state index is 13.1. The monoisotopic (exact) mass is 479 g/mol. The highest BCUT2D eigenvalue weighted by molar-refractivity contribution is 7.99. The van der Waals surface area contributed by atoms with Crippen molar-refractivity contribution in [2.45, 2.75) is 25.0 Å². The van der Waals surface area contributed by atoms with E-state index >= 15 is 0 Å². The Morgan fingerprint density at radius 2 is 1.82 bits per heavy atom. The van der Waals surface area contributed by atoms with E-state index in [9.17, 15) is 14.4 Å². The molecule has 0 amide bonds. The van der Waals surface area contributed by atoms with Crippen LogP contribution in [0.1, 0.15) is 23.7 Å². The van der Waals surface area contributed by atoms with Gasteiger partial charge in [-0.25, -0.2) is 9.78 Å². The van der Waals surface area contributed by atoms with E-state index < -0.39 is 17.0 Å². The van der Waals surface area contributed by atoms with E-state index in [1.165, 1.54) is 23.4 Å². The van der Waals surface area contributed by atoms with Crippen molar-refractivity contribution in [3.8, 4) is 11.4 Å². The molecule has 4 aromatic rings. The van der Waals surface area contributed by atoms with E-state index in [0.29, 0.717) is 18.1 Å². The fourth-order valence-electron chi connectivity index (χ4n) is 3.77. The van der Waals surface area contributed by atoms with Crippen molar-refractivity contribution in [1.82, 2.24) is 18.7 Å². The molecule has 9 nitrogen and oxygen atoms in total. The smallest absolute Gasteiger partial charge is 0.332 e. The molecule has 0 aliphatic rings. The SMILES string of the molecule is CCCn1c(N)c(C(=O)CSc2nc3ccccc3n2-c2ccc(OC)cc2)c(=O)n(C)c1=O. The Morgan fingerprint density at radius 1 is 1.12 bits per heavy atom. The number of nitrogens with zero attached hydrogens (tertiary/aromatic N) is 4. The maximum Gasteiger partial charge on any atom is 0.332 e. The number of carbonyl (C=O) groups is 1. The number of methoxy groups -OCH3 is 1. The van der Waals surface area contributed by atoms with Crippen molar-refractivity contribution in [2.75, 3.05) is 18.6 Å². The average Bonchev–Trinajstić information content (AvgIpc) is 3.22. The summed E-state index contributed by atoms with van der Waals surface area (Å²) in [5.74, 6) is 0.111. The quantitative estimate of drug-likeness (QED) is 0.305. The van der Waals surface area contributed by atoms with E-state index in [1.807, 2.05) is 60.0 Å². The van der Waals surface area contributed by atoms with Gasteiger partial charge in [0.05, 0.1) is 23.9 Å². The zero-order valence-electron chi connectivity index (χ0n) is 19.1. The van der Waals surface area contributed by atoms with Gasteiger partial charge in [0.15, 0.2) is 10.9 Å². The Labute approximate surface area is 199 Å². The number of Topliss-reactive ketones (excluding diaryl/α,β-unsaturated/α-hetero) is 1. The normalized spacial score (nSPS) is 11.1. The molecule has 176 valence electrons. The van der Waals surface area contributed by atoms with E-state index in [-0.39, 0.29) is 17.1 Å². The predicted molar refractivity (Wildman–Crippen MR) is 133 cm³/mol. The van der Waals surface area contributed by atoms with E-state index in [2.05, 4.69) is 0 Å². The van der Waals surface area contributed by atoms with Gasteiger partial charge < -0.3 is 10.5 Å². The van der Waals surface area contributed by atoms with Crippen LogP contribution in [-0.4, -0.2) is 37.3 Å². The third-order valence-electron chi connectivity index (χ3n) is 5.50. The van der Waals surface area contributed by atoms with Gasteiger partial charge in [0, 0.05) is 19.3 Å². The van der Waals surface area contributed by atoms with Crippen LogP contribution in [0, 0.1) is 0 Å². The van der Waals surface area contributed by atoms with Crippen LogP contribution in [0.4, 0.5) is 5.82 Å². The number of fused-ring (bicyclic) bond motifs is 1. The van der Waals surface area contributed by atoms with Crippen LogP contribution in [-0.2, 0) is 13.6 Å². The number of imidazole rings is 1. The summed E-state index contributed by atoms with van der Waals surface area (Å²) in [6, 6.07) is 15.2. The predicted octanol–water partition coefficient (Wildman–Crippen LogP) is 2.86. The van der Waals surface area contributed by atoms with Crippen molar-refractivity contribution < 1.29 is 9.53 Å². The molecule has 4 rings (SSSR count). The van der Waals surface area contributed by atoms with Crippen molar-refractivity contribution in [3.63, 3.8) is 0 Å². The van der Waals surface area contributed by atoms with Crippen molar-refractivity contribution in [3.05, 3.63) is 74.9 Å². The summed E-state index contributed by atoms with van der Waals surface area (Å²) >= 11 is 1.21. The maximum atomic E-state index is 13.1. The van der Waals surface area contributed by atoms with Crippen LogP contribution >= 0.6 is 11.8 Å². The molecule has 2 aromatic carbocycles. The highest BCUT2D eigenvalue weighted by Crippen LogP contribution is 2.29. The summed E-state index contributed by atoms with van der Waals surface area (Å²) in [7, 11) is 2.96. The molecule has 2 aromatic heterocycles. The highest BCUT2D eigenvalue weighted by Gasteiger charge is 2.22. The second-order valence-electron chi connectivity index (χ2n) is 7.69. The molecule has 0 saturated heterocycles. The number of ether oxygens (including phenoxy) is 1. The molecule has 0 aliphatic carbocycles. The number of hydrogen-bond donors (Lipinski definition) is 1. The van der Waals surface area contributed by atoms with Crippen molar-refractivity contribution in [1.29, 1.82) is 0 Å². The molecular weight excluding hydrogens is 454 g/mol. The lowest BCUT2D eigenvalue weighted by atomic mass is 10.2. The van der Waals surface area contributed by atoms with Crippen LogP contribution in [0.25, 0.3) is 16.7 Å². The Morgan fingerprint density at radius 3 is 2.50 bits per heavy atom. The number of thioether (sulfide) groups is 1. The fraction of sp³-hybridized carbons (Fsp3) is 0.250. The van der Waals surface area contributed by atoms with E-state index in [0.717, 1.165) is 27.0 Å². The lowest BCUT2D eigenvalue weighted by Crippen LogP contribution is -2.42. The standard InChI is InChI=1S/C24H25N5O4S/c1-4-13-28-21(25)20(22(31)27(2)24(28)32)19(30)14-34-23-26-17-7-5-6-8-18(17)29(23)15-9-11-16(33-3)12-10-15/h5-12H,4,13-14,25H2,1-3H3. The van der Waals surface area contributed by atoms with Crippen LogP contribution in [0.5, 0.6) is 5.75 Å². The number of anilines is 1. The molecule has 0 unspecified atom stereocenters. The molecule has 34 heavy (non-hydrogen) atoms. The van der Waals surface area contributed by atoms with Gasteiger partial charge in [-0.3, -0.25) is 23.3 Å². The number of nitrogen functional groups attached to an aromatic ring is 1. The first-order valence-corrected chi connectivity index (χ1v) is 11.7. The highest BCUT2D eigenvalue weighted by atomic mass is 32.2. The molecule has 0 fully saturated rings. The number of aromatic nitrogens is 4. The van der Waals surface area contributed by atoms with Crippen LogP contribution < -0.4 is 21.7 Å². The zero-order valence-corrected chi connectivity index (χ0v) is 20.0. The molecular formula is C24H25N5O4S. The average molecular weight is 480 g/mol. The number of rotatable bonds is 8. The summed E-state index contributed by atoms with van der Waals surface area (Å²) in [6.07, 6.45) is 0.635. The van der Waals surface area contributed by atoms with Gasteiger partial charge in [0.1, 0.15) is 17.1 Å². The first kappa shape index (κ1) is 23.4. The summed E-state index contributed by atoms with van der Waals surface area (Å²) in [5.41, 5.74) is 7.23. The minimum Gasteiger partial charge on any atom is -0.497 e. The Balaban J connectivity index is 1.72. The molecule has 2 N–H and O–H groups in total. The lowest BCUT2D eigenvalue weighted by Gasteiger charge is -2.14. The van der Waals surface area contributed by atoms with Gasteiger partial charge in [-0.15, -0.1) is 0 Å². The van der Waals surface area contributed by atoms with Gasteiger partial charge >= 0.3 is 5.69 Å². The minimum atomic E-state index is -0.691. The molecule has 0 bridgehead atoms. The molecule has 0 atom stereocenters. The second-order valence-corrected chi connectivity index (χ2v) is 8.63. The van der Waals surface area contributed by atoms with E-state index in [1.54, 1.807) is 7.11 Å².